The number of aromatic nitrogens is 1. The summed E-state index contributed by atoms with van der Waals surface area (Å²) in [6, 6.07) is 5.26. The maximum Gasteiger partial charge on any atom is 0.253 e. The van der Waals surface area contributed by atoms with E-state index in [2.05, 4.69) is 4.98 Å². The molecule has 1 fully saturated rings. The number of sulfonamides is 1. The minimum absolute atomic E-state index is 0.0941. The molecule has 2 aromatic heterocycles. The van der Waals surface area contributed by atoms with Gasteiger partial charge in [-0.1, -0.05) is 0 Å². The summed E-state index contributed by atoms with van der Waals surface area (Å²) in [4.78, 5) is 3.11. The molecule has 0 aliphatic carbocycles. The molecular weight excluding hydrogens is 282 g/mol. The topological polar surface area (TPSA) is 79.2 Å². The van der Waals surface area contributed by atoms with Crippen molar-refractivity contribution in [2.24, 2.45) is 0 Å². The lowest BCUT2D eigenvalue weighted by molar-refractivity contribution is 0.392. The number of hydrogen-bond donors (Lipinski definition) is 2. The van der Waals surface area contributed by atoms with E-state index in [9.17, 15) is 8.42 Å². The van der Waals surface area contributed by atoms with Crippen molar-refractivity contribution in [1.29, 1.82) is 0 Å². The van der Waals surface area contributed by atoms with Gasteiger partial charge < -0.3 is 10.7 Å². The first kappa shape index (κ1) is 12.7. The van der Waals surface area contributed by atoms with E-state index in [1.165, 1.54) is 17.4 Å². The van der Waals surface area contributed by atoms with Crippen LogP contribution in [-0.4, -0.2) is 24.3 Å². The standard InChI is InChI=1S/C12H15N3O2S2/c13-9-7-12(18-8-9)19(16,17)15-6-2-4-11(15)10-3-1-5-14-10/h1,3,5,7-8,11,14H,2,4,6,13H2. The molecule has 3 heterocycles. The van der Waals surface area contributed by atoms with Gasteiger partial charge in [-0.15, -0.1) is 11.3 Å². The zero-order valence-corrected chi connectivity index (χ0v) is 11.9. The smallest absolute Gasteiger partial charge is 0.253 e. The predicted molar refractivity (Wildman–Crippen MR) is 75.4 cm³/mol. The summed E-state index contributed by atoms with van der Waals surface area (Å²) in [6.45, 7) is 0.559. The van der Waals surface area contributed by atoms with Crippen LogP contribution in [0.1, 0.15) is 24.6 Å². The number of nitrogens with zero attached hydrogens (tertiary/aromatic N) is 1. The molecule has 0 spiro atoms. The number of thiophene rings is 1. The SMILES string of the molecule is Nc1csc(S(=O)(=O)N2CCCC2c2ccc[nH]2)c1. The van der Waals surface area contributed by atoms with Crippen LogP contribution in [0.4, 0.5) is 5.69 Å². The highest BCUT2D eigenvalue weighted by Gasteiger charge is 2.37. The number of rotatable bonds is 3. The first-order valence-electron chi connectivity index (χ1n) is 6.08. The Kier molecular flexibility index (Phi) is 3.12. The van der Waals surface area contributed by atoms with E-state index >= 15 is 0 Å². The van der Waals surface area contributed by atoms with Crippen molar-refractivity contribution in [3.05, 3.63) is 35.5 Å². The van der Waals surface area contributed by atoms with Crippen molar-refractivity contribution in [3.8, 4) is 0 Å². The zero-order valence-electron chi connectivity index (χ0n) is 10.2. The number of nitrogens with two attached hydrogens (primary N) is 1. The van der Waals surface area contributed by atoms with Gasteiger partial charge in [-0.05, 0) is 31.0 Å². The molecule has 1 saturated heterocycles. The summed E-state index contributed by atoms with van der Waals surface area (Å²) >= 11 is 1.18. The Morgan fingerprint density at radius 3 is 2.95 bits per heavy atom. The van der Waals surface area contributed by atoms with Crippen LogP contribution in [-0.2, 0) is 10.0 Å². The van der Waals surface area contributed by atoms with Crippen molar-refractivity contribution in [2.75, 3.05) is 12.3 Å². The Bertz CT molecular complexity index is 661. The summed E-state index contributed by atoms with van der Waals surface area (Å²) in [5.41, 5.74) is 7.07. The van der Waals surface area contributed by atoms with Crippen LogP contribution < -0.4 is 5.73 Å². The normalized spacial score (nSPS) is 20.9. The number of anilines is 1. The molecule has 2 aromatic rings. The third kappa shape index (κ3) is 2.18. The Morgan fingerprint density at radius 1 is 1.47 bits per heavy atom. The van der Waals surface area contributed by atoms with E-state index in [1.807, 2.05) is 18.3 Å². The predicted octanol–water partition coefficient (Wildman–Crippen LogP) is 2.18. The molecule has 3 rings (SSSR count). The van der Waals surface area contributed by atoms with Crippen molar-refractivity contribution >= 4 is 27.0 Å². The van der Waals surface area contributed by atoms with Gasteiger partial charge in [0.2, 0.25) is 0 Å². The van der Waals surface area contributed by atoms with Crippen molar-refractivity contribution < 1.29 is 8.42 Å². The first-order valence-corrected chi connectivity index (χ1v) is 8.40. The number of nitrogens with one attached hydrogen (secondary N) is 1. The third-order valence-corrected chi connectivity index (χ3v) is 6.68. The molecule has 0 bridgehead atoms. The van der Waals surface area contributed by atoms with Crippen molar-refractivity contribution in [2.45, 2.75) is 23.1 Å². The van der Waals surface area contributed by atoms with Crippen LogP contribution in [0.5, 0.6) is 0 Å². The summed E-state index contributed by atoms with van der Waals surface area (Å²) in [7, 11) is -3.44. The molecule has 7 heteroatoms. The second-order valence-electron chi connectivity index (χ2n) is 4.60. The molecule has 0 aromatic carbocycles. The van der Waals surface area contributed by atoms with Crippen molar-refractivity contribution in [3.63, 3.8) is 0 Å². The maximum atomic E-state index is 12.6. The van der Waals surface area contributed by atoms with Gasteiger partial charge in [0.15, 0.2) is 0 Å². The minimum atomic E-state index is -3.44. The Morgan fingerprint density at radius 2 is 2.32 bits per heavy atom. The summed E-state index contributed by atoms with van der Waals surface area (Å²) in [6.07, 6.45) is 3.55. The largest absolute Gasteiger partial charge is 0.398 e. The molecule has 19 heavy (non-hydrogen) atoms. The van der Waals surface area contributed by atoms with Gasteiger partial charge in [-0.2, -0.15) is 4.31 Å². The molecule has 1 atom stereocenters. The molecule has 1 unspecified atom stereocenters. The number of nitrogen functional groups attached to an aromatic ring is 1. The molecule has 1 aliphatic rings. The second-order valence-corrected chi connectivity index (χ2v) is 7.63. The molecular formula is C12H15N3O2S2. The lowest BCUT2D eigenvalue weighted by atomic mass is 10.2. The van der Waals surface area contributed by atoms with Crippen LogP contribution in [0.3, 0.4) is 0 Å². The Balaban J connectivity index is 1.96. The fraction of sp³-hybridized carbons (Fsp3) is 0.333. The quantitative estimate of drug-likeness (QED) is 0.911. The highest BCUT2D eigenvalue weighted by Crippen LogP contribution is 2.37. The first-order chi connectivity index (χ1) is 9.09. The van der Waals surface area contributed by atoms with Crippen LogP contribution in [0.15, 0.2) is 34.0 Å². The average Bonchev–Trinajstić information content (AvgIpc) is 3.09. The summed E-state index contributed by atoms with van der Waals surface area (Å²) in [5.74, 6) is 0. The van der Waals surface area contributed by atoms with Gasteiger partial charge in [0.1, 0.15) is 4.21 Å². The number of aromatic amines is 1. The number of H-pyrrole nitrogens is 1. The minimum Gasteiger partial charge on any atom is -0.398 e. The van der Waals surface area contributed by atoms with E-state index in [-0.39, 0.29) is 6.04 Å². The molecule has 102 valence electrons. The highest BCUT2D eigenvalue weighted by molar-refractivity contribution is 7.91. The van der Waals surface area contributed by atoms with Crippen molar-refractivity contribution in [1.82, 2.24) is 9.29 Å². The van der Waals surface area contributed by atoms with Gasteiger partial charge in [0, 0.05) is 29.5 Å². The molecule has 0 radical (unpaired) electrons. The molecule has 1 aliphatic heterocycles. The van der Waals surface area contributed by atoms with Crippen LogP contribution in [0, 0.1) is 0 Å². The second kappa shape index (κ2) is 4.66. The molecule has 3 N–H and O–H groups in total. The van der Waals surface area contributed by atoms with Gasteiger partial charge in [-0.3, -0.25) is 0 Å². The monoisotopic (exact) mass is 297 g/mol. The lowest BCUT2D eigenvalue weighted by Gasteiger charge is -2.22. The zero-order chi connectivity index (χ0) is 13.5. The van der Waals surface area contributed by atoms with Gasteiger partial charge in [0.25, 0.3) is 10.0 Å². The highest BCUT2D eigenvalue weighted by atomic mass is 32.2. The van der Waals surface area contributed by atoms with E-state index in [4.69, 9.17) is 5.73 Å². The lowest BCUT2D eigenvalue weighted by Crippen LogP contribution is -2.30. The molecule has 0 amide bonds. The molecule has 0 saturated carbocycles. The Labute approximate surface area is 116 Å². The van der Waals surface area contributed by atoms with E-state index < -0.39 is 10.0 Å². The summed E-state index contributed by atoms with van der Waals surface area (Å²) < 4.78 is 27.1. The molecule has 5 nitrogen and oxygen atoms in total. The van der Waals surface area contributed by atoms with Gasteiger partial charge in [0.05, 0.1) is 6.04 Å². The fourth-order valence-electron chi connectivity index (χ4n) is 2.47. The summed E-state index contributed by atoms with van der Waals surface area (Å²) in [5, 5.41) is 1.66. The fourth-order valence-corrected chi connectivity index (χ4v) is 5.35. The maximum absolute atomic E-state index is 12.6. The van der Waals surface area contributed by atoms with Crippen LogP contribution >= 0.6 is 11.3 Å². The van der Waals surface area contributed by atoms with Crippen LogP contribution in [0.2, 0.25) is 0 Å². The van der Waals surface area contributed by atoms with E-state index in [0.717, 1.165) is 18.5 Å². The van der Waals surface area contributed by atoms with E-state index in [1.54, 1.807) is 9.69 Å². The van der Waals surface area contributed by atoms with Gasteiger partial charge >= 0.3 is 0 Å². The third-order valence-electron chi connectivity index (χ3n) is 3.34. The Hall–Kier alpha value is -1.31. The van der Waals surface area contributed by atoms with Gasteiger partial charge in [-0.25, -0.2) is 8.42 Å². The number of hydrogen-bond acceptors (Lipinski definition) is 4. The van der Waals surface area contributed by atoms with E-state index in [0.29, 0.717) is 16.4 Å². The average molecular weight is 297 g/mol. The van der Waals surface area contributed by atoms with Crippen LogP contribution in [0.25, 0.3) is 0 Å².